The summed E-state index contributed by atoms with van der Waals surface area (Å²) in [5.41, 5.74) is 6.19. The van der Waals surface area contributed by atoms with Gasteiger partial charge in [0, 0.05) is 18.8 Å². The third-order valence-corrected chi connectivity index (χ3v) is 6.41. The third-order valence-electron chi connectivity index (χ3n) is 6.41. The minimum Gasteiger partial charge on any atom is -0.485 e. The van der Waals surface area contributed by atoms with Gasteiger partial charge in [-0.2, -0.15) is 0 Å². The summed E-state index contributed by atoms with van der Waals surface area (Å²) in [4.78, 5) is 13.6. The number of carbonyl (C=O) groups excluding carboxylic acids is 1. The number of rotatable bonds is 8. The summed E-state index contributed by atoms with van der Waals surface area (Å²) in [6.07, 6.45) is 6.74. The largest absolute Gasteiger partial charge is 0.485 e. The van der Waals surface area contributed by atoms with Crippen LogP contribution in [0.4, 0.5) is 11.4 Å². The molecule has 6 heteroatoms. The molecule has 0 aromatic heterocycles. The first kappa shape index (κ1) is 23.0. The van der Waals surface area contributed by atoms with Crippen molar-refractivity contribution in [3.63, 3.8) is 0 Å². The highest BCUT2D eigenvalue weighted by atomic mass is 16.6. The second-order valence-electron chi connectivity index (χ2n) is 8.74. The van der Waals surface area contributed by atoms with Crippen LogP contribution in [0.15, 0.2) is 72.8 Å². The Bertz CT molecular complexity index is 1210. The molecular formula is C29H30N2O4. The monoisotopic (exact) mass is 470 g/mol. The molecule has 0 radical (unpaired) electrons. The van der Waals surface area contributed by atoms with Gasteiger partial charge in [0.25, 0.3) is 0 Å². The van der Waals surface area contributed by atoms with E-state index in [0.29, 0.717) is 5.75 Å². The highest BCUT2D eigenvalue weighted by Gasteiger charge is 2.26. The van der Waals surface area contributed by atoms with E-state index in [-0.39, 0.29) is 12.7 Å². The van der Waals surface area contributed by atoms with Crippen LogP contribution in [0.5, 0.6) is 11.5 Å². The number of anilines is 2. The number of nitrogens with one attached hydrogen (secondary N) is 1. The van der Waals surface area contributed by atoms with Crippen LogP contribution < -0.4 is 19.7 Å². The summed E-state index contributed by atoms with van der Waals surface area (Å²) in [5, 5.41) is 3.62. The van der Waals surface area contributed by atoms with Crippen molar-refractivity contribution in [1.29, 1.82) is 0 Å². The maximum absolute atomic E-state index is 11.3. The third kappa shape index (κ3) is 5.33. The van der Waals surface area contributed by atoms with Crippen molar-refractivity contribution >= 4 is 23.4 Å². The van der Waals surface area contributed by atoms with E-state index in [0.717, 1.165) is 49.6 Å². The molecule has 3 aromatic carbocycles. The lowest BCUT2D eigenvalue weighted by atomic mass is 9.93. The van der Waals surface area contributed by atoms with E-state index in [9.17, 15) is 4.79 Å². The van der Waals surface area contributed by atoms with E-state index < -0.39 is 5.97 Å². The number of allylic oxidation sites excluding steroid dienone is 1. The highest BCUT2D eigenvalue weighted by Crippen LogP contribution is 2.38. The predicted molar refractivity (Wildman–Crippen MR) is 137 cm³/mol. The molecule has 1 aliphatic carbocycles. The molecule has 0 amide bonds. The van der Waals surface area contributed by atoms with Crippen molar-refractivity contribution in [3.8, 4) is 11.5 Å². The molecule has 6 nitrogen and oxygen atoms in total. The minimum atomic E-state index is -0.404. The topological polar surface area (TPSA) is 60.0 Å². The molecule has 0 fully saturated rings. The van der Waals surface area contributed by atoms with Crippen molar-refractivity contribution < 1.29 is 19.0 Å². The van der Waals surface area contributed by atoms with Gasteiger partial charge in [-0.15, -0.1) is 0 Å². The molecule has 3 aromatic rings. The van der Waals surface area contributed by atoms with E-state index in [1.807, 2.05) is 42.5 Å². The number of carbonyl (C=O) groups is 1. The summed E-state index contributed by atoms with van der Waals surface area (Å²) in [6, 6.07) is 22.4. The molecule has 0 spiro atoms. The number of para-hydroxylation sites is 2. The van der Waals surface area contributed by atoms with Gasteiger partial charge in [0.1, 0.15) is 17.6 Å². The Kier molecular flexibility index (Phi) is 7.00. The Morgan fingerprint density at radius 2 is 1.94 bits per heavy atom. The van der Waals surface area contributed by atoms with E-state index >= 15 is 0 Å². The Morgan fingerprint density at radius 1 is 1.09 bits per heavy atom. The van der Waals surface area contributed by atoms with Gasteiger partial charge in [0.2, 0.25) is 0 Å². The van der Waals surface area contributed by atoms with Gasteiger partial charge in [-0.3, -0.25) is 0 Å². The summed E-state index contributed by atoms with van der Waals surface area (Å²) < 4.78 is 16.5. The maximum Gasteiger partial charge on any atom is 0.343 e. The van der Waals surface area contributed by atoms with Gasteiger partial charge < -0.3 is 24.4 Å². The molecule has 5 rings (SSSR count). The van der Waals surface area contributed by atoms with Gasteiger partial charge in [0.05, 0.1) is 19.3 Å². The molecule has 180 valence electrons. The first-order chi connectivity index (χ1) is 17.2. The zero-order valence-electron chi connectivity index (χ0n) is 19.9. The standard InChI is InChI=1S/C29H30N2O4/c1-33-29(32)20-34-24-15-13-23(14-16-24)31-19-25(35-28-12-5-4-11-27(28)31)18-30-17-22-9-6-8-21-7-2-3-10-26(21)22/h3-6,8-16,25,30H,2,7,17-20H2,1H3. The first-order valence-electron chi connectivity index (χ1n) is 12.0. The lowest BCUT2D eigenvalue weighted by Gasteiger charge is -2.36. The predicted octanol–water partition coefficient (Wildman–Crippen LogP) is 4.89. The Hall–Kier alpha value is -3.77. The average molecular weight is 471 g/mol. The van der Waals surface area contributed by atoms with Crippen LogP contribution in [-0.4, -0.2) is 38.9 Å². The van der Waals surface area contributed by atoms with Crippen LogP contribution in [0.25, 0.3) is 6.08 Å². The van der Waals surface area contributed by atoms with Gasteiger partial charge in [0.15, 0.2) is 6.61 Å². The SMILES string of the molecule is COC(=O)COc1ccc(N2CC(CNCc3cccc4c3C=CCC4)Oc3ccccc32)cc1. The molecule has 2 aliphatic rings. The van der Waals surface area contributed by atoms with Gasteiger partial charge in [-0.1, -0.05) is 42.5 Å². The van der Waals surface area contributed by atoms with Crippen LogP contribution in [-0.2, 0) is 22.5 Å². The number of benzene rings is 3. The second kappa shape index (κ2) is 10.7. The molecule has 1 atom stereocenters. The van der Waals surface area contributed by atoms with Crippen LogP contribution in [0.2, 0.25) is 0 Å². The number of aryl methyl sites for hydroxylation is 1. The molecule has 0 saturated heterocycles. The Morgan fingerprint density at radius 3 is 2.80 bits per heavy atom. The number of hydrogen-bond acceptors (Lipinski definition) is 6. The van der Waals surface area contributed by atoms with Crippen LogP contribution >= 0.6 is 0 Å². The normalized spacial score (nSPS) is 16.1. The quantitative estimate of drug-likeness (QED) is 0.473. The van der Waals surface area contributed by atoms with Crippen LogP contribution in [0, 0.1) is 0 Å². The summed E-state index contributed by atoms with van der Waals surface area (Å²) in [7, 11) is 1.35. The van der Waals surface area contributed by atoms with Crippen molar-refractivity contribution in [2.45, 2.75) is 25.5 Å². The van der Waals surface area contributed by atoms with Gasteiger partial charge in [-0.25, -0.2) is 4.79 Å². The molecule has 35 heavy (non-hydrogen) atoms. The van der Waals surface area contributed by atoms with Crippen molar-refractivity contribution in [2.75, 3.05) is 31.7 Å². The molecule has 1 heterocycles. The van der Waals surface area contributed by atoms with Crippen molar-refractivity contribution in [3.05, 3.63) is 89.5 Å². The molecule has 1 unspecified atom stereocenters. The van der Waals surface area contributed by atoms with E-state index in [1.54, 1.807) is 0 Å². The number of hydrogen-bond donors (Lipinski definition) is 1. The molecule has 1 aliphatic heterocycles. The number of fused-ring (bicyclic) bond motifs is 2. The summed E-state index contributed by atoms with van der Waals surface area (Å²) in [5.74, 6) is 1.09. The fourth-order valence-corrected chi connectivity index (χ4v) is 4.63. The fraction of sp³-hybridized carbons (Fsp3) is 0.276. The summed E-state index contributed by atoms with van der Waals surface area (Å²) in [6.45, 7) is 2.16. The van der Waals surface area contributed by atoms with Crippen molar-refractivity contribution in [1.82, 2.24) is 5.32 Å². The maximum atomic E-state index is 11.3. The zero-order chi connectivity index (χ0) is 24.0. The fourth-order valence-electron chi connectivity index (χ4n) is 4.63. The Balaban J connectivity index is 1.26. The highest BCUT2D eigenvalue weighted by molar-refractivity contribution is 5.72. The van der Waals surface area contributed by atoms with Crippen LogP contribution in [0.3, 0.4) is 0 Å². The van der Waals surface area contributed by atoms with Crippen molar-refractivity contribution in [2.24, 2.45) is 0 Å². The molecule has 0 bridgehead atoms. The lowest BCUT2D eigenvalue weighted by Crippen LogP contribution is -2.43. The second-order valence-corrected chi connectivity index (χ2v) is 8.74. The van der Waals surface area contributed by atoms with E-state index in [4.69, 9.17) is 9.47 Å². The van der Waals surface area contributed by atoms with Gasteiger partial charge in [-0.05, 0) is 65.9 Å². The van der Waals surface area contributed by atoms with E-state index in [1.165, 1.54) is 23.8 Å². The zero-order valence-corrected chi connectivity index (χ0v) is 19.9. The molecular weight excluding hydrogens is 440 g/mol. The lowest BCUT2D eigenvalue weighted by molar-refractivity contribution is -0.142. The minimum absolute atomic E-state index is 0.00442. The number of methoxy groups -OCH3 is 1. The van der Waals surface area contributed by atoms with Gasteiger partial charge >= 0.3 is 5.97 Å². The first-order valence-corrected chi connectivity index (χ1v) is 12.0. The number of ether oxygens (including phenoxy) is 3. The molecule has 1 N–H and O–H groups in total. The average Bonchev–Trinajstić information content (AvgIpc) is 2.91. The Labute approximate surface area is 206 Å². The van der Waals surface area contributed by atoms with Crippen LogP contribution in [0.1, 0.15) is 23.1 Å². The summed E-state index contributed by atoms with van der Waals surface area (Å²) >= 11 is 0. The smallest absolute Gasteiger partial charge is 0.343 e. The number of nitrogens with zero attached hydrogens (tertiary/aromatic N) is 1. The molecule has 0 saturated carbocycles. The number of esters is 1. The van der Waals surface area contributed by atoms with E-state index in [2.05, 4.69) is 51.4 Å².